The van der Waals surface area contributed by atoms with Gasteiger partial charge in [-0.15, -0.1) is 0 Å². The first-order chi connectivity index (χ1) is 15.2. The van der Waals surface area contributed by atoms with Crippen molar-refractivity contribution in [2.45, 2.75) is 22.0 Å². The molecule has 0 bridgehead atoms. The van der Waals surface area contributed by atoms with E-state index in [1.165, 1.54) is 63.0 Å². The van der Waals surface area contributed by atoms with Gasteiger partial charge in [0.2, 0.25) is 10.0 Å². The molecule has 0 amide bonds. The molecule has 0 spiro atoms. The Bertz CT molecular complexity index is 1280. The highest BCUT2D eigenvalue weighted by atomic mass is 32.2. The Labute approximate surface area is 188 Å². The quantitative estimate of drug-likeness (QED) is 0.505. The second-order valence-electron chi connectivity index (χ2n) is 6.98. The Morgan fingerprint density at radius 3 is 2.19 bits per heavy atom. The van der Waals surface area contributed by atoms with Crippen LogP contribution in [-0.2, 0) is 19.9 Å². The molecule has 1 atom stereocenters. The molecule has 1 heterocycles. The zero-order valence-corrected chi connectivity index (χ0v) is 19.5. The third kappa shape index (κ3) is 5.09. The number of benzene rings is 2. The van der Waals surface area contributed by atoms with E-state index in [0.29, 0.717) is 22.6 Å². The standard InChI is InChI=1S/C22H24N2O6S2/c1-16-13-20(10-11-21(16)30-3)32(27,28)24-15-22(17-5-4-12-23-14-17)31(25,26)19-8-6-18(29-2)7-9-19/h4-14,22,24H,15H2,1-3H3. The van der Waals surface area contributed by atoms with E-state index >= 15 is 0 Å². The molecule has 1 N–H and O–H groups in total. The van der Waals surface area contributed by atoms with Crippen molar-refractivity contribution in [3.63, 3.8) is 0 Å². The summed E-state index contributed by atoms with van der Waals surface area (Å²) in [5, 5.41) is -1.18. The number of hydrogen-bond donors (Lipinski definition) is 1. The average molecular weight is 477 g/mol. The predicted molar refractivity (Wildman–Crippen MR) is 120 cm³/mol. The minimum absolute atomic E-state index is 0.0163. The summed E-state index contributed by atoms with van der Waals surface area (Å²) in [7, 11) is -4.94. The fourth-order valence-corrected chi connectivity index (χ4v) is 6.07. The Balaban J connectivity index is 1.94. The highest BCUT2D eigenvalue weighted by Crippen LogP contribution is 2.30. The van der Waals surface area contributed by atoms with Crippen LogP contribution in [0, 0.1) is 6.92 Å². The van der Waals surface area contributed by atoms with Crippen molar-refractivity contribution in [2.75, 3.05) is 20.8 Å². The second kappa shape index (κ2) is 9.68. The van der Waals surface area contributed by atoms with Gasteiger partial charge in [-0.1, -0.05) is 6.07 Å². The van der Waals surface area contributed by atoms with Crippen molar-refractivity contribution in [1.82, 2.24) is 9.71 Å². The summed E-state index contributed by atoms with van der Waals surface area (Å²) in [4.78, 5) is 4.06. The lowest BCUT2D eigenvalue weighted by atomic mass is 10.2. The maximum atomic E-state index is 13.4. The maximum absolute atomic E-state index is 13.4. The Morgan fingerprint density at radius 1 is 0.938 bits per heavy atom. The minimum atomic E-state index is -3.97. The molecule has 2 aromatic carbocycles. The van der Waals surface area contributed by atoms with Crippen molar-refractivity contribution < 1.29 is 26.3 Å². The van der Waals surface area contributed by atoms with Gasteiger partial charge in [-0.3, -0.25) is 4.98 Å². The first kappa shape index (κ1) is 23.7. The number of pyridine rings is 1. The molecule has 0 aliphatic heterocycles. The lowest BCUT2D eigenvalue weighted by Gasteiger charge is -2.19. The molecule has 0 saturated carbocycles. The zero-order chi connectivity index (χ0) is 23.4. The minimum Gasteiger partial charge on any atom is -0.497 e. The number of methoxy groups -OCH3 is 2. The third-order valence-corrected chi connectivity index (χ3v) is 8.49. The lowest BCUT2D eigenvalue weighted by molar-refractivity contribution is 0.411. The van der Waals surface area contributed by atoms with Gasteiger partial charge < -0.3 is 9.47 Å². The van der Waals surface area contributed by atoms with Crippen molar-refractivity contribution in [1.29, 1.82) is 0 Å². The number of hydrogen-bond acceptors (Lipinski definition) is 7. The Kier molecular flexibility index (Phi) is 7.17. The number of aromatic nitrogens is 1. The normalized spacial score (nSPS) is 12.8. The third-order valence-electron chi connectivity index (χ3n) is 4.95. The molecule has 0 aliphatic rings. The highest BCUT2D eigenvalue weighted by molar-refractivity contribution is 7.92. The van der Waals surface area contributed by atoms with Gasteiger partial charge in [-0.05, 0) is 66.6 Å². The van der Waals surface area contributed by atoms with Crippen LogP contribution < -0.4 is 14.2 Å². The van der Waals surface area contributed by atoms with E-state index < -0.39 is 25.1 Å². The molecule has 3 rings (SSSR count). The first-order valence-electron chi connectivity index (χ1n) is 9.61. The summed E-state index contributed by atoms with van der Waals surface area (Å²) >= 11 is 0. The molecular weight excluding hydrogens is 452 g/mol. The number of nitrogens with zero attached hydrogens (tertiary/aromatic N) is 1. The average Bonchev–Trinajstić information content (AvgIpc) is 2.79. The predicted octanol–water partition coefficient (Wildman–Crippen LogP) is 2.90. The van der Waals surface area contributed by atoms with Crippen LogP contribution in [0.15, 0.2) is 76.8 Å². The van der Waals surface area contributed by atoms with E-state index in [2.05, 4.69) is 9.71 Å². The van der Waals surface area contributed by atoms with Gasteiger partial charge in [-0.2, -0.15) is 0 Å². The van der Waals surface area contributed by atoms with E-state index in [4.69, 9.17) is 9.47 Å². The molecule has 0 fully saturated rings. The van der Waals surface area contributed by atoms with E-state index in [1.807, 2.05) is 0 Å². The van der Waals surface area contributed by atoms with Gasteiger partial charge in [0.25, 0.3) is 0 Å². The van der Waals surface area contributed by atoms with Crippen LogP contribution in [0.5, 0.6) is 11.5 Å². The Hall–Kier alpha value is -2.95. The van der Waals surface area contributed by atoms with Gasteiger partial charge in [0, 0.05) is 18.9 Å². The SMILES string of the molecule is COc1ccc(S(=O)(=O)C(CNS(=O)(=O)c2ccc(OC)c(C)c2)c2cccnc2)cc1. The molecule has 1 unspecified atom stereocenters. The lowest BCUT2D eigenvalue weighted by Crippen LogP contribution is -2.32. The van der Waals surface area contributed by atoms with E-state index in [1.54, 1.807) is 25.1 Å². The summed E-state index contributed by atoms with van der Waals surface area (Å²) < 4.78 is 65.3. The number of sulfonamides is 1. The molecule has 170 valence electrons. The van der Waals surface area contributed by atoms with Crippen molar-refractivity contribution in [3.8, 4) is 11.5 Å². The summed E-state index contributed by atoms with van der Waals surface area (Å²) in [6, 6.07) is 13.6. The van der Waals surface area contributed by atoms with Crippen molar-refractivity contribution >= 4 is 19.9 Å². The van der Waals surface area contributed by atoms with Gasteiger partial charge in [0.1, 0.15) is 16.7 Å². The van der Waals surface area contributed by atoms with Gasteiger partial charge in [0.15, 0.2) is 9.84 Å². The summed E-state index contributed by atoms with van der Waals surface area (Å²) in [6.45, 7) is 1.36. The monoisotopic (exact) mass is 476 g/mol. The number of rotatable bonds is 9. The van der Waals surface area contributed by atoms with E-state index in [0.717, 1.165) is 0 Å². The van der Waals surface area contributed by atoms with Crippen LogP contribution in [0.3, 0.4) is 0 Å². The first-order valence-corrected chi connectivity index (χ1v) is 12.6. The van der Waals surface area contributed by atoms with Crippen molar-refractivity contribution in [2.24, 2.45) is 0 Å². The highest BCUT2D eigenvalue weighted by Gasteiger charge is 2.31. The van der Waals surface area contributed by atoms with Crippen LogP contribution in [0.4, 0.5) is 0 Å². The molecule has 0 aliphatic carbocycles. The second-order valence-corrected chi connectivity index (χ2v) is 10.9. The smallest absolute Gasteiger partial charge is 0.240 e. The van der Waals surface area contributed by atoms with Gasteiger partial charge in [-0.25, -0.2) is 21.6 Å². The molecule has 0 saturated heterocycles. The summed E-state index contributed by atoms with van der Waals surface area (Å²) in [5.74, 6) is 1.07. The maximum Gasteiger partial charge on any atom is 0.240 e. The zero-order valence-electron chi connectivity index (χ0n) is 17.8. The topological polar surface area (TPSA) is 112 Å². The molecule has 1 aromatic heterocycles. The Morgan fingerprint density at radius 2 is 1.62 bits per heavy atom. The summed E-state index contributed by atoms with van der Waals surface area (Å²) in [6.07, 6.45) is 2.93. The van der Waals surface area contributed by atoms with Crippen LogP contribution in [0.25, 0.3) is 0 Å². The molecule has 32 heavy (non-hydrogen) atoms. The number of ether oxygens (including phenoxy) is 2. The molecule has 3 aromatic rings. The van der Waals surface area contributed by atoms with Crippen LogP contribution in [-0.4, -0.2) is 42.6 Å². The molecule has 10 heteroatoms. The van der Waals surface area contributed by atoms with Gasteiger partial charge >= 0.3 is 0 Å². The van der Waals surface area contributed by atoms with E-state index in [9.17, 15) is 16.8 Å². The fraction of sp³-hybridized carbons (Fsp3) is 0.227. The van der Waals surface area contributed by atoms with Crippen LogP contribution in [0.1, 0.15) is 16.4 Å². The largest absolute Gasteiger partial charge is 0.497 e. The number of sulfone groups is 1. The molecular formula is C22H24N2O6S2. The van der Waals surface area contributed by atoms with Crippen molar-refractivity contribution in [3.05, 3.63) is 78.1 Å². The number of nitrogens with one attached hydrogen (secondary N) is 1. The molecule has 0 radical (unpaired) electrons. The molecule has 8 nitrogen and oxygen atoms in total. The van der Waals surface area contributed by atoms with E-state index in [-0.39, 0.29) is 16.3 Å². The summed E-state index contributed by atoms with van der Waals surface area (Å²) in [5.41, 5.74) is 1.02. The van der Waals surface area contributed by atoms with Crippen LogP contribution >= 0.6 is 0 Å². The van der Waals surface area contributed by atoms with Crippen LogP contribution in [0.2, 0.25) is 0 Å². The fourth-order valence-electron chi connectivity index (χ4n) is 3.19. The number of aryl methyl sites for hydroxylation is 1. The van der Waals surface area contributed by atoms with Gasteiger partial charge in [0.05, 0.1) is 24.0 Å².